The van der Waals surface area contributed by atoms with Gasteiger partial charge in [0.1, 0.15) is 11.6 Å². The molecule has 0 atom stereocenters. The standard InChI is InChI=1S/C10H12F3NO/c1-15-9-6(2-3-14)4-7(11)5-8(9)10(12)13/h4-5,10H,2-3,14H2,1H3. The Morgan fingerprint density at radius 1 is 1.40 bits per heavy atom. The number of ether oxygens (including phenoxy) is 1. The largest absolute Gasteiger partial charge is 0.496 e. The minimum atomic E-state index is -2.76. The lowest BCUT2D eigenvalue weighted by molar-refractivity contribution is 0.146. The summed E-state index contributed by atoms with van der Waals surface area (Å²) in [6.45, 7) is 0.252. The first-order valence-corrected chi connectivity index (χ1v) is 4.44. The lowest BCUT2D eigenvalue weighted by atomic mass is 10.1. The predicted molar refractivity (Wildman–Crippen MR) is 50.7 cm³/mol. The van der Waals surface area contributed by atoms with Crippen molar-refractivity contribution in [2.45, 2.75) is 12.8 Å². The second-order valence-electron chi connectivity index (χ2n) is 3.03. The normalized spacial score (nSPS) is 10.8. The Morgan fingerprint density at radius 3 is 2.53 bits per heavy atom. The van der Waals surface area contributed by atoms with E-state index >= 15 is 0 Å². The summed E-state index contributed by atoms with van der Waals surface area (Å²) >= 11 is 0. The molecule has 84 valence electrons. The van der Waals surface area contributed by atoms with E-state index in [1.54, 1.807) is 0 Å². The molecule has 0 aliphatic rings. The molecule has 0 aromatic heterocycles. The van der Waals surface area contributed by atoms with Gasteiger partial charge in [0, 0.05) is 0 Å². The zero-order valence-electron chi connectivity index (χ0n) is 8.27. The zero-order chi connectivity index (χ0) is 11.4. The highest BCUT2D eigenvalue weighted by molar-refractivity contribution is 5.43. The summed E-state index contributed by atoms with van der Waals surface area (Å²) in [4.78, 5) is 0. The average molecular weight is 219 g/mol. The molecule has 0 saturated heterocycles. The smallest absolute Gasteiger partial charge is 0.267 e. The van der Waals surface area contributed by atoms with Gasteiger partial charge in [-0.15, -0.1) is 0 Å². The maximum absolute atomic E-state index is 13.0. The first-order chi connectivity index (χ1) is 7.10. The van der Waals surface area contributed by atoms with E-state index < -0.39 is 17.8 Å². The van der Waals surface area contributed by atoms with Crippen molar-refractivity contribution < 1.29 is 17.9 Å². The molecule has 15 heavy (non-hydrogen) atoms. The Balaban J connectivity index is 3.25. The van der Waals surface area contributed by atoms with Crippen LogP contribution in [0, 0.1) is 5.82 Å². The van der Waals surface area contributed by atoms with Crippen LogP contribution in [0.15, 0.2) is 12.1 Å². The second-order valence-corrected chi connectivity index (χ2v) is 3.03. The van der Waals surface area contributed by atoms with Gasteiger partial charge < -0.3 is 10.5 Å². The molecule has 0 radical (unpaired) electrons. The molecule has 0 heterocycles. The maximum Gasteiger partial charge on any atom is 0.267 e. The molecule has 1 rings (SSSR count). The molecule has 1 aromatic carbocycles. The van der Waals surface area contributed by atoms with E-state index in [4.69, 9.17) is 10.5 Å². The van der Waals surface area contributed by atoms with Crippen LogP contribution in [0.25, 0.3) is 0 Å². The van der Waals surface area contributed by atoms with E-state index in [9.17, 15) is 13.2 Å². The topological polar surface area (TPSA) is 35.2 Å². The number of halogens is 3. The minimum Gasteiger partial charge on any atom is -0.496 e. The Bertz CT molecular complexity index is 342. The van der Waals surface area contributed by atoms with E-state index in [0.717, 1.165) is 12.1 Å². The van der Waals surface area contributed by atoms with Crippen molar-refractivity contribution in [2.24, 2.45) is 5.73 Å². The van der Waals surface area contributed by atoms with E-state index in [-0.39, 0.29) is 12.3 Å². The first-order valence-electron chi connectivity index (χ1n) is 4.44. The number of rotatable bonds is 4. The van der Waals surface area contributed by atoms with Gasteiger partial charge in [-0.05, 0) is 30.7 Å². The van der Waals surface area contributed by atoms with Crippen LogP contribution >= 0.6 is 0 Å². The third kappa shape index (κ3) is 2.62. The molecule has 0 unspecified atom stereocenters. The molecular formula is C10H12F3NO. The summed E-state index contributed by atoms with van der Waals surface area (Å²) < 4.78 is 42.9. The monoisotopic (exact) mass is 219 g/mol. The first kappa shape index (κ1) is 11.8. The van der Waals surface area contributed by atoms with E-state index in [2.05, 4.69) is 0 Å². The fourth-order valence-electron chi connectivity index (χ4n) is 1.43. The van der Waals surface area contributed by atoms with Gasteiger partial charge in [-0.25, -0.2) is 13.2 Å². The van der Waals surface area contributed by atoms with Crippen LogP contribution in [0.1, 0.15) is 17.6 Å². The molecule has 0 spiro atoms. The minimum absolute atomic E-state index is 0.0249. The van der Waals surface area contributed by atoms with Gasteiger partial charge in [0.25, 0.3) is 6.43 Å². The molecule has 0 saturated carbocycles. The highest BCUT2D eigenvalue weighted by Crippen LogP contribution is 2.33. The van der Waals surface area contributed by atoms with Crippen LogP contribution in [0.4, 0.5) is 13.2 Å². The summed E-state index contributed by atoms with van der Waals surface area (Å²) in [5.41, 5.74) is 5.24. The highest BCUT2D eigenvalue weighted by Gasteiger charge is 2.18. The quantitative estimate of drug-likeness (QED) is 0.843. The van der Waals surface area contributed by atoms with Crippen molar-refractivity contribution in [3.63, 3.8) is 0 Å². The Morgan fingerprint density at radius 2 is 2.07 bits per heavy atom. The summed E-state index contributed by atoms with van der Waals surface area (Å²) in [5, 5.41) is 0. The number of alkyl halides is 2. The van der Waals surface area contributed by atoms with Crippen LogP contribution in [0.5, 0.6) is 5.75 Å². The molecule has 2 N–H and O–H groups in total. The third-order valence-electron chi connectivity index (χ3n) is 2.01. The van der Waals surface area contributed by atoms with Gasteiger partial charge in [-0.3, -0.25) is 0 Å². The Hall–Kier alpha value is -1.23. The Labute approximate surface area is 85.8 Å². The lowest BCUT2D eigenvalue weighted by Crippen LogP contribution is -2.06. The maximum atomic E-state index is 13.0. The van der Waals surface area contributed by atoms with Crippen LogP contribution in [0.2, 0.25) is 0 Å². The van der Waals surface area contributed by atoms with E-state index in [0.29, 0.717) is 12.0 Å². The molecule has 0 aliphatic carbocycles. The summed E-state index contributed by atoms with van der Waals surface area (Å²) in [5.74, 6) is -0.675. The van der Waals surface area contributed by atoms with Gasteiger partial charge in [-0.1, -0.05) is 0 Å². The molecule has 0 amide bonds. The van der Waals surface area contributed by atoms with Crippen molar-refractivity contribution in [2.75, 3.05) is 13.7 Å². The molecule has 0 bridgehead atoms. The van der Waals surface area contributed by atoms with Gasteiger partial charge in [-0.2, -0.15) is 0 Å². The predicted octanol–water partition coefficient (Wildman–Crippen LogP) is 2.27. The van der Waals surface area contributed by atoms with Gasteiger partial charge in [0.15, 0.2) is 0 Å². The van der Waals surface area contributed by atoms with Crippen molar-refractivity contribution in [3.8, 4) is 5.75 Å². The van der Waals surface area contributed by atoms with Crippen molar-refractivity contribution in [1.82, 2.24) is 0 Å². The van der Waals surface area contributed by atoms with Crippen LogP contribution < -0.4 is 10.5 Å². The van der Waals surface area contributed by atoms with E-state index in [1.807, 2.05) is 0 Å². The number of hydrogen-bond donors (Lipinski definition) is 1. The van der Waals surface area contributed by atoms with Gasteiger partial charge >= 0.3 is 0 Å². The number of nitrogens with two attached hydrogens (primary N) is 1. The number of hydrogen-bond acceptors (Lipinski definition) is 2. The van der Waals surface area contributed by atoms with Crippen LogP contribution in [-0.2, 0) is 6.42 Å². The summed E-state index contributed by atoms with van der Waals surface area (Å²) in [7, 11) is 1.28. The fraction of sp³-hybridized carbons (Fsp3) is 0.400. The molecule has 0 fully saturated rings. The van der Waals surface area contributed by atoms with Crippen molar-refractivity contribution >= 4 is 0 Å². The Kier molecular flexibility index (Phi) is 3.96. The van der Waals surface area contributed by atoms with Crippen molar-refractivity contribution in [1.29, 1.82) is 0 Å². The fourth-order valence-corrected chi connectivity index (χ4v) is 1.43. The molecule has 1 aromatic rings. The molecule has 5 heteroatoms. The SMILES string of the molecule is COc1c(CCN)cc(F)cc1C(F)F. The molecular weight excluding hydrogens is 207 g/mol. The molecule has 0 aliphatic heterocycles. The lowest BCUT2D eigenvalue weighted by Gasteiger charge is -2.12. The summed E-state index contributed by atoms with van der Waals surface area (Å²) in [6, 6.07) is 1.95. The van der Waals surface area contributed by atoms with E-state index in [1.165, 1.54) is 7.11 Å². The van der Waals surface area contributed by atoms with Crippen LogP contribution in [0.3, 0.4) is 0 Å². The third-order valence-corrected chi connectivity index (χ3v) is 2.01. The highest BCUT2D eigenvalue weighted by atomic mass is 19.3. The van der Waals surface area contributed by atoms with Gasteiger partial charge in [0.2, 0.25) is 0 Å². The van der Waals surface area contributed by atoms with Crippen LogP contribution in [-0.4, -0.2) is 13.7 Å². The average Bonchev–Trinajstić information content (AvgIpc) is 2.17. The number of benzene rings is 1. The summed E-state index contributed by atoms with van der Waals surface area (Å²) in [6.07, 6.45) is -2.45. The van der Waals surface area contributed by atoms with Crippen molar-refractivity contribution in [3.05, 3.63) is 29.1 Å². The second kappa shape index (κ2) is 5.02. The zero-order valence-corrected chi connectivity index (χ0v) is 8.27. The van der Waals surface area contributed by atoms with Gasteiger partial charge in [0.05, 0.1) is 12.7 Å². The molecule has 2 nitrogen and oxygen atoms in total. The number of methoxy groups -OCH3 is 1.